The van der Waals surface area contributed by atoms with Gasteiger partial charge in [-0.05, 0) is 13.3 Å². The van der Waals surface area contributed by atoms with Gasteiger partial charge in [-0.3, -0.25) is 0 Å². The van der Waals surface area contributed by atoms with Gasteiger partial charge in [0.15, 0.2) is 0 Å². The standard InChI is InChI=1S/C9H12N2O.C2H6/c1-8-2-5-11(6-3-8)9-10-4-7-12-9;1-2/h2,4,7H,3,5-6H2,1H3;1-2H3. The van der Waals surface area contributed by atoms with E-state index in [-0.39, 0.29) is 0 Å². The second-order valence-electron chi connectivity index (χ2n) is 3.06. The molecule has 0 aliphatic carbocycles. The molecule has 3 heteroatoms. The molecule has 0 spiro atoms. The largest absolute Gasteiger partial charge is 0.432 e. The SMILES string of the molecule is CC.CC1=CCN(c2ncco2)CC1. The van der Waals surface area contributed by atoms with Gasteiger partial charge in [0, 0.05) is 13.1 Å². The van der Waals surface area contributed by atoms with Crippen molar-refractivity contribution in [2.45, 2.75) is 27.2 Å². The second kappa shape index (κ2) is 5.47. The smallest absolute Gasteiger partial charge is 0.297 e. The number of hydrogen-bond donors (Lipinski definition) is 0. The molecule has 0 saturated heterocycles. The summed E-state index contributed by atoms with van der Waals surface area (Å²) in [6.07, 6.45) is 6.62. The highest BCUT2D eigenvalue weighted by molar-refractivity contribution is 5.30. The molecule has 0 unspecified atom stereocenters. The van der Waals surface area contributed by atoms with Crippen molar-refractivity contribution in [2.24, 2.45) is 0 Å². The zero-order chi connectivity index (χ0) is 10.4. The van der Waals surface area contributed by atoms with Gasteiger partial charge < -0.3 is 9.32 Å². The highest BCUT2D eigenvalue weighted by Crippen LogP contribution is 2.16. The molecule has 14 heavy (non-hydrogen) atoms. The van der Waals surface area contributed by atoms with Crippen LogP contribution in [0.3, 0.4) is 0 Å². The molecule has 0 fully saturated rings. The molecule has 0 aromatic carbocycles. The van der Waals surface area contributed by atoms with Crippen LogP contribution in [0, 0.1) is 0 Å². The van der Waals surface area contributed by atoms with Gasteiger partial charge in [-0.2, -0.15) is 0 Å². The first-order valence-corrected chi connectivity index (χ1v) is 5.16. The Morgan fingerprint density at radius 2 is 2.21 bits per heavy atom. The van der Waals surface area contributed by atoms with Gasteiger partial charge in [-0.1, -0.05) is 25.5 Å². The normalized spacial score (nSPS) is 15.6. The summed E-state index contributed by atoms with van der Waals surface area (Å²) >= 11 is 0. The number of aromatic nitrogens is 1. The average Bonchev–Trinajstić information content (AvgIpc) is 2.75. The predicted molar refractivity (Wildman–Crippen MR) is 58.4 cm³/mol. The molecule has 0 saturated carbocycles. The van der Waals surface area contributed by atoms with Crippen molar-refractivity contribution in [1.29, 1.82) is 0 Å². The highest BCUT2D eigenvalue weighted by Gasteiger charge is 2.12. The van der Waals surface area contributed by atoms with Crippen molar-refractivity contribution in [3.8, 4) is 0 Å². The first-order chi connectivity index (χ1) is 6.86. The number of anilines is 1. The predicted octanol–water partition coefficient (Wildman–Crippen LogP) is 2.86. The van der Waals surface area contributed by atoms with Crippen LogP contribution in [0.2, 0.25) is 0 Å². The molecule has 1 aromatic heterocycles. The molecule has 0 bridgehead atoms. The Kier molecular flexibility index (Phi) is 4.23. The van der Waals surface area contributed by atoms with Crippen LogP contribution in [0.5, 0.6) is 0 Å². The van der Waals surface area contributed by atoms with Crippen LogP contribution in [-0.2, 0) is 0 Å². The lowest BCUT2D eigenvalue weighted by Crippen LogP contribution is -2.28. The van der Waals surface area contributed by atoms with Gasteiger partial charge in [0.25, 0.3) is 6.01 Å². The molecule has 0 atom stereocenters. The summed E-state index contributed by atoms with van der Waals surface area (Å²) in [6.45, 7) is 8.10. The average molecular weight is 194 g/mol. The molecule has 0 radical (unpaired) electrons. The van der Waals surface area contributed by atoms with Crippen LogP contribution in [-0.4, -0.2) is 18.1 Å². The van der Waals surface area contributed by atoms with Crippen molar-refractivity contribution in [3.63, 3.8) is 0 Å². The Morgan fingerprint density at radius 3 is 2.71 bits per heavy atom. The summed E-state index contributed by atoms with van der Waals surface area (Å²) in [6, 6.07) is 0.735. The van der Waals surface area contributed by atoms with E-state index in [1.165, 1.54) is 5.57 Å². The van der Waals surface area contributed by atoms with Crippen LogP contribution in [0.15, 0.2) is 28.5 Å². The van der Waals surface area contributed by atoms with E-state index in [0.717, 1.165) is 25.5 Å². The van der Waals surface area contributed by atoms with Gasteiger partial charge in [0.1, 0.15) is 6.26 Å². The van der Waals surface area contributed by atoms with Crippen LogP contribution in [0.25, 0.3) is 0 Å². The van der Waals surface area contributed by atoms with Gasteiger partial charge in [-0.15, -0.1) is 0 Å². The summed E-state index contributed by atoms with van der Waals surface area (Å²) in [4.78, 5) is 6.23. The van der Waals surface area contributed by atoms with Crippen molar-refractivity contribution in [1.82, 2.24) is 4.98 Å². The topological polar surface area (TPSA) is 29.3 Å². The molecule has 78 valence electrons. The van der Waals surface area contributed by atoms with Crippen molar-refractivity contribution < 1.29 is 4.42 Å². The van der Waals surface area contributed by atoms with E-state index in [1.807, 2.05) is 13.8 Å². The Balaban J connectivity index is 0.000000461. The van der Waals surface area contributed by atoms with Crippen LogP contribution < -0.4 is 4.90 Å². The second-order valence-corrected chi connectivity index (χ2v) is 3.06. The third-order valence-corrected chi connectivity index (χ3v) is 2.13. The van der Waals surface area contributed by atoms with Crippen molar-refractivity contribution in [2.75, 3.05) is 18.0 Å². The molecule has 2 heterocycles. The van der Waals surface area contributed by atoms with E-state index in [0.29, 0.717) is 0 Å². The minimum Gasteiger partial charge on any atom is -0.432 e. The molecule has 0 N–H and O–H groups in total. The number of oxazole rings is 1. The summed E-state index contributed by atoms with van der Waals surface area (Å²) in [5.41, 5.74) is 1.46. The maximum Gasteiger partial charge on any atom is 0.297 e. The Bertz CT molecular complexity index is 277. The third-order valence-electron chi connectivity index (χ3n) is 2.13. The van der Waals surface area contributed by atoms with Crippen molar-refractivity contribution >= 4 is 6.01 Å². The lowest BCUT2D eigenvalue weighted by Gasteiger charge is -2.23. The first-order valence-electron chi connectivity index (χ1n) is 5.16. The molecule has 1 aliphatic heterocycles. The number of nitrogens with zero attached hydrogens (tertiary/aromatic N) is 2. The van der Waals surface area contributed by atoms with Crippen LogP contribution >= 0.6 is 0 Å². The van der Waals surface area contributed by atoms with Gasteiger partial charge in [0.2, 0.25) is 0 Å². The van der Waals surface area contributed by atoms with E-state index in [9.17, 15) is 0 Å². The van der Waals surface area contributed by atoms with E-state index >= 15 is 0 Å². The lowest BCUT2D eigenvalue weighted by molar-refractivity contribution is 0.535. The van der Waals surface area contributed by atoms with Gasteiger partial charge in [0.05, 0.1) is 6.20 Å². The minimum atomic E-state index is 0.735. The van der Waals surface area contributed by atoms with E-state index in [1.54, 1.807) is 12.5 Å². The Morgan fingerprint density at radius 1 is 1.43 bits per heavy atom. The summed E-state index contributed by atoms with van der Waals surface area (Å²) in [5, 5.41) is 0. The Hall–Kier alpha value is -1.25. The van der Waals surface area contributed by atoms with E-state index < -0.39 is 0 Å². The molecule has 1 aliphatic rings. The molecule has 1 aromatic rings. The maximum absolute atomic E-state index is 5.19. The van der Waals surface area contributed by atoms with Crippen LogP contribution in [0.1, 0.15) is 27.2 Å². The molecular weight excluding hydrogens is 176 g/mol. The lowest BCUT2D eigenvalue weighted by atomic mass is 10.1. The van der Waals surface area contributed by atoms with E-state index in [2.05, 4.69) is 22.9 Å². The fraction of sp³-hybridized carbons (Fsp3) is 0.545. The summed E-state index contributed by atoms with van der Waals surface area (Å²) in [7, 11) is 0. The molecule has 3 nitrogen and oxygen atoms in total. The zero-order valence-corrected chi connectivity index (χ0v) is 9.16. The monoisotopic (exact) mass is 194 g/mol. The van der Waals surface area contributed by atoms with Gasteiger partial charge >= 0.3 is 0 Å². The zero-order valence-electron chi connectivity index (χ0n) is 9.16. The number of hydrogen-bond acceptors (Lipinski definition) is 3. The Labute approximate surface area is 85.4 Å². The van der Waals surface area contributed by atoms with Gasteiger partial charge in [-0.25, -0.2) is 4.98 Å². The molecule has 2 rings (SSSR count). The fourth-order valence-electron chi connectivity index (χ4n) is 1.32. The van der Waals surface area contributed by atoms with Crippen molar-refractivity contribution in [3.05, 3.63) is 24.1 Å². The number of rotatable bonds is 1. The quantitative estimate of drug-likeness (QED) is 0.644. The first kappa shape index (κ1) is 10.8. The highest BCUT2D eigenvalue weighted by atomic mass is 16.4. The van der Waals surface area contributed by atoms with Crippen LogP contribution in [0.4, 0.5) is 6.01 Å². The minimum absolute atomic E-state index is 0.735. The maximum atomic E-state index is 5.19. The third kappa shape index (κ3) is 2.62. The molecular formula is C11H18N2O. The summed E-state index contributed by atoms with van der Waals surface area (Å²) in [5.74, 6) is 0. The fourth-order valence-corrected chi connectivity index (χ4v) is 1.32. The molecule has 0 amide bonds. The van der Waals surface area contributed by atoms with E-state index in [4.69, 9.17) is 4.42 Å². The summed E-state index contributed by atoms with van der Waals surface area (Å²) < 4.78 is 5.19.